The molecule has 2 rings (SSSR count). The standard InChI is InChI=1S/C15H17Cl3O3.C6H6O/c1-3-4-10-20-14(19)11(2)13(15(16,17)18)21-12-8-6-5-7-9-12;7-6-4-2-1-3-5-6/h5-9,13H,2-4,10H2,1H3;1-5,7H. The van der Waals surface area contributed by atoms with Gasteiger partial charge in [-0.3, -0.25) is 0 Å². The normalized spacial score (nSPS) is 11.6. The summed E-state index contributed by atoms with van der Waals surface area (Å²) in [6, 6.07) is 17.5. The zero-order chi connectivity index (χ0) is 21.0. The maximum atomic E-state index is 11.9. The van der Waals surface area contributed by atoms with Gasteiger partial charge in [0.25, 0.3) is 0 Å². The number of para-hydroxylation sites is 2. The third-order valence-electron chi connectivity index (χ3n) is 3.36. The number of benzene rings is 2. The van der Waals surface area contributed by atoms with E-state index < -0.39 is 15.9 Å². The summed E-state index contributed by atoms with van der Waals surface area (Å²) in [7, 11) is 0. The van der Waals surface area contributed by atoms with E-state index in [-0.39, 0.29) is 5.57 Å². The van der Waals surface area contributed by atoms with E-state index in [4.69, 9.17) is 49.4 Å². The van der Waals surface area contributed by atoms with Crippen molar-refractivity contribution in [3.05, 3.63) is 72.8 Å². The van der Waals surface area contributed by atoms with Crippen LogP contribution < -0.4 is 4.74 Å². The van der Waals surface area contributed by atoms with Gasteiger partial charge in [-0.25, -0.2) is 4.79 Å². The average molecular weight is 446 g/mol. The summed E-state index contributed by atoms with van der Waals surface area (Å²) in [6.45, 7) is 5.93. The molecular weight excluding hydrogens is 423 g/mol. The van der Waals surface area contributed by atoms with E-state index in [0.29, 0.717) is 18.1 Å². The van der Waals surface area contributed by atoms with Gasteiger partial charge in [0.2, 0.25) is 3.79 Å². The predicted octanol–water partition coefficient (Wildman–Crippen LogP) is 6.10. The molecule has 4 nitrogen and oxygen atoms in total. The molecule has 2 aromatic rings. The monoisotopic (exact) mass is 444 g/mol. The van der Waals surface area contributed by atoms with Gasteiger partial charge in [0, 0.05) is 0 Å². The first-order valence-electron chi connectivity index (χ1n) is 8.64. The molecule has 1 N–H and O–H groups in total. The molecule has 0 radical (unpaired) electrons. The van der Waals surface area contributed by atoms with Crippen LogP contribution in [0.4, 0.5) is 0 Å². The summed E-state index contributed by atoms with van der Waals surface area (Å²) in [6.07, 6.45) is 0.546. The molecule has 0 aliphatic rings. The van der Waals surface area contributed by atoms with E-state index in [1.807, 2.05) is 19.1 Å². The van der Waals surface area contributed by atoms with Gasteiger partial charge in [-0.15, -0.1) is 0 Å². The molecule has 0 aromatic heterocycles. The van der Waals surface area contributed by atoms with Crippen molar-refractivity contribution in [3.8, 4) is 11.5 Å². The Morgan fingerprint density at radius 3 is 2.04 bits per heavy atom. The van der Waals surface area contributed by atoms with Crippen molar-refractivity contribution in [1.82, 2.24) is 0 Å². The first-order valence-corrected chi connectivity index (χ1v) is 9.77. The molecule has 0 saturated carbocycles. The number of hydrogen-bond acceptors (Lipinski definition) is 4. The summed E-state index contributed by atoms with van der Waals surface area (Å²) >= 11 is 17.7. The minimum absolute atomic E-state index is 0.0324. The van der Waals surface area contributed by atoms with Crippen LogP contribution in [0.3, 0.4) is 0 Å². The van der Waals surface area contributed by atoms with Crippen molar-refractivity contribution >= 4 is 40.8 Å². The summed E-state index contributed by atoms with van der Waals surface area (Å²) in [4.78, 5) is 11.9. The number of carbonyl (C=O) groups excluding carboxylic acids is 1. The van der Waals surface area contributed by atoms with Crippen molar-refractivity contribution in [2.75, 3.05) is 6.61 Å². The highest BCUT2D eigenvalue weighted by molar-refractivity contribution is 6.68. The smallest absolute Gasteiger partial charge is 0.337 e. The van der Waals surface area contributed by atoms with Crippen LogP contribution in [0.2, 0.25) is 0 Å². The largest absolute Gasteiger partial charge is 0.508 e. The van der Waals surface area contributed by atoms with Crippen LogP contribution in [0.25, 0.3) is 0 Å². The van der Waals surface area contributed by atoms with Gasteiger partial charge in [-0.05, 0) is 30.7 Å². The van der Waals surface area contributed by atoms with Crippen molar-refractivity contribution in [1.29, 1.82) is 0 Å². The van der Waals surface area contributed by atoms with E-state index in [1.165, 1.54) is 0 Å². The molecule has 28 heavy (non-hydrogen) atoms. The second kappa shape index (κ2) is 12.6. The summed E-state index contributed by atoms with van der Waals surface area (Å²) in [5, 5.41) is 8.63. The fourth-order valence-corrected chi connectivity index (χ4v) is 2.44. The van der Waals surface area contributed by atoms with Gasteiger partial charge in [0.05, 0.1) is 12.2 Å². The second-order valence-electron chi connectivity index (χ2n) is 5.70. The Hall–Kier alpha value is -1.88. The molecule has 2 aromatic carbocycles. The molecule has 0 bridgehead atoms. The predicted molar refractivity (Wildman–Crippen MR) is 114 cm³/mol. The highest BCUT2D eigenvalue weighted by Gasteiger charge is 2.40. The number of phenolic OH excluding ortho intramolecular Hbond substituents is 1. The molecule has 152 valence electrons. The molecule has 0 heterocycles. The Labute approximate surface area is 180 Å². The topological polar surface area (TPSA) is 55.8 Å². The van der Waals surface area contributed by atoms with Gasteiger partial charge >= 0.3 is 5.97 Å². The van der Waals surface area contributed by atoms with Crippen LogP contribution in [0, 0.1) is 0 Å². The first-order chi connectivity index (χ1) is 13.3. The maximum Gasteiger partial charge on any atom is 0.337 e. The van der Waals surface area contributed by atoms with Crippen LogP contribution in [0.1, 0.15) is 19.8 Å². The third-order valence-corrected chi connectivity index (χ3v) is 3.95. The van der Waals surface area contributed by atoms with Gasteiger partial charge in [-0.2, -0.15) is 0 Å². The summed E-state index contributed by atoms with van der Waals surface area (Å²) < 4.78 is 8.80. The Kier molecular flexibility index (Phi) is 10.8. The second-order valence-corrected chi connectivity index (χ2v) is 8.07. The van der Waals surface area contributed by atoms with Crippen LogP contribution >= 0.6 is 34.8 Å². The van der Waals surface area contributed by atoms with Crippen LogP contribution in [-0.2, 0) is 9.53 Å². The number of ether oxygens (including phenoxy) is 2. The van der Waals surface area contributed by atoms with Gasteiger partial charge in [0.1, 0.15) is 11.5 Å². The molecule has 0 aliphatic carbocycles. The third kappa shape index (κ3) is 9.36. The van der Waals surface area contributed by atoms with Crippen LogP contribution in [0.5, 0.6) is 11.5 Å². The number of aromatic hydroxyl groups is 1. The number of esters is 1. The van der Waals surface area contributed by atoms with Crippen molar-refractivity contribution in [2.24, 2.45) is 0 Å². The number of rotatable bonds is 7. The SMILES string of the molecule is C=C(C(=O)OCCCC)C(Oc1ccccc1)C(Cl)(Cl)Cl.Oc1ccccc1. The van der Waals surface area contributed by atoms with Crippen LogP contribution in [0.15, 0.2) is 72.8 Å². The highest BCUT2D eigenvalue weighted by atomic mass is 35.6. The van der Waals surface area contributed by atoms with Gasteiger partial charge in [0.15, 0.2) is 6.10 Å². The van der Waals surface area contributed by atoms with Crippen molar-refractivity contribution < 1.29 is 19.4 Å². The molecule has 0 spiro atoms. The van der Waals surface area contributed by atoms with Crippen LogP contribution in [-0.4, -0.2) is 27.6 Å². The minimum Gasteiger partial charge on any atom is -0.508 e. The van der Waals surface area contributed by atoms with E-state index >= 15 is 0 Å². The van der Waals surface area contributed by atoms with E-state index in [2.05, 4.69) is 6.58 Å². The molecule has 7 heteroatoms. The molecule has 1 atom stereocenters. The van der Waals surface area contributed by atoms with E-state index in [9.17, 15) is 4.79 Å². The Morgan fingerprint density at radius 2 is 1.61 bits per heavy atom. The quantitative estimate of drug-likeness (QED) is 0.242. The lowest BCUT2D eigenvalue weighted by Crippen LogP contribution is -2.36. The lowest BCUT2D eigenvalue weighted by Gasteiger charge is -2.26. The number of unbranched alkanes of at least 4 members (excludes halogenated alkanes) is 1. The molecule has 0 fully saturated rings. The van der Waals surface area contributed by atoms with E-state index in [0.717, 1.165) is 12.8 Å². The molecule has 1 unspecified atom stereocenters. The number of halogens is 3. The Morgan fingerprint density at radius 1 is 1.07 bits per heavy atom. The number of phenols is 1. The van der Waals surface area contributed by atoms with Crippen molar-refractivity contribution in [3.63, 3.8) is 0 Å². The fourth-order valence-electron chi connectivity index (χ4n) is 1.91. The molecule has 0 saturated heterocycles. The summed E-state index contributed by atoms with van der Waals surface area (Å²) in [5.41, 5.74) is -0.0324. The zero-order valence-corrected chi connectivity index (χ0v) is 17.8. The van der Waals surface area contributed by atoms with Crippen molar-refractivity contribution in [2.45, 2.75) is 29.7 Å². The Balaban J connectivity index is 0.000000467. The highest BCUT2D eigenvalue weighted by Crippen LogP contribution is 2.36. The summed E-state index contributed by atoms with van der Waals surface area (Å²) in [5.74, 6) is 0.162. The minimum atomic E-state index is -1.84. The zero-order valence-electron chi connectivity index (χ0n) is 15.5. The van der Waals surface area contributed by atoms with Gasteiger partial charge < -0.3 is 14.6 Å². The Bertz CT molecular complexity index is 715. The molecular formula is C21H23Cl3O4. The fraction of sp³-hybridized carbons (Fsp3) is 0.286. The number of hydrogen-bond donors (Lipinski definition) is 1. The molecule has 0 aliphatic heterocycles. The lowest BCUT2D eigenvalue weighted by molar-refractivity contribution is -0.140. The van der Waals surface area contributed by atoms with E-state index in [1.54, 1.807) is 48.5 Å². The first kappa shape index (κ1) is 24.2. The molecule has 0 amide bonds. The average Bonchev–Trinajstić information content (AvgIpc) is 2.67. The number of alkyl halides is 3. The number of carbonyl (C=O) groups is 1. The van der Waals surface area contributed by atoms with Gasteiger partial charge in [-0.1, -0.05) is 91.1 Å². The maximum absolute atomic E-state index is 11.9. The lowest BCUT2D eigenvalue weighted by atomic mass is 10.2.